The summed E-state index contributed by atoms with van der Waals surface area (Å²) in [7, 11) is 1.57. The van der Waals surface area contributed by atoms with E-state index in [4.69, 9.17) is 21.1 Å². The lowest BCUT2D eigenvalue weighted by atomic mass is 10.2. The van der Waals surface area contributed by atoms with Crippen molar-refractivity contribution in [3.8, 4) is 11.5 Å². The Balaban J connectivity index is 2.11. The molecule has 2 aromatic carbocycles. The fourth-order valence-electron chi connectivity index (χ4n) is 1.94. The number of hydrogen-bond acceptors (Lipinski definition) is 3. The predicted molar refractivity (Wildman–Crippen MR) is 93.3 cm³/mol. The van der Waals surface area contributed by atoms with Crippen molar-refractivity contribution in [3.63, 3.8) is 0 Å². The number of benzene rings is 2. The second-order valence-electron chi connectivity index (χ2n) is 4.67. The molecule has 4 nitrogen and oxygen atoms in total. The summed E-state index contributed by atoms with van der Waals surface area (Å²) in [5.74, 6) is 0.987. The molecule has 2 aromatic rings. The highest BCUT2D eigenvalue weighted by Crippen LogP contribution is 2.29. The van der Waals surface area contributed by atoms with Gasteiger partial charge in [0.05, 0.1) is 19.4 Å². The van der Waals surface area contributed by atoms with Crippen molar-refractivity contribution in [2.45, 2.75) is 6.92 Å². The van der Waals surface area contributed by atoms with Crippen LogP contribution in [-0.2, 0) is 4.79 Å². The summed E-state index contributed by atoms with van der Waals surface area (Å²) >= 11 is 5.83. The maximum Gasteiger partial charge on any atom is 0.248 e. The predicted octanol–water partition coefficient (Wildman–Crippen LogP) is 4.40. The van der Waals surface area contributed by atoms with Crippen LogP contribution < -0.4 is 14.8 Å². The highest BCUT2D eigenvalue weighted by molar-refractivity contribution is 6.30. The van der Waals surface area contributed by atoms with Crippen LogP contribution >= 0.6 is 11.6 Å². The molecule has 1 amide bonds. The number of hydrogen-bond donors (Lipinski definition) is 1. The Kier molecular flexibility index (Phi) is 6.06. The molecule has 5 heteroatoms. The molecule has 0 saturated carbocycles. The van der Waals surface area contributed by atoms with Crippen LogP contribution in [0.15, 0.2) is 48.5 Å². The summed E-state index contributed by atoms with van der Waals surface area (Å²) in [6.07, 6.45) is 3.17. The first-order chi connectivity index (χ1) is 11.1. The number of ether oxygens (including phenoxy) is 2. The minimum absolute atomic E-state index is 0.255. The van der Waals surface area contributed by atoms with Gasteiger partial charge in [0.25, 0.3) is 0 Å². The number of halogens is 1. The number of methoxy groups -OCH3 is 1. The van der Waals surface area contributed by atoms with Crippen molar-refractivity contribution in [1.82, 2.24) is 0 Å². The summed E-state index contributed by atoms with van der Waals surface area (Å²) in [5, 5.41) is 3.45. The van der Waals surface area contributed by atoms with Gasteiger partial charge in [0, 0.05) is 17.2 Å². The van der Waals surface area contributed by atoms with Gasteiger partial charge in [-0.25, -0.2) is 0 Å². The highest BCUT2D eigenvalue weighted by atomic mass is 35.5. The average molecular weight is 332 g/mol. The monoisotopic (exact) mass is 331 g/mol. The molecule has 120 valence electrons. The zero-order valence-electron chi connectivity index (χ0n) is 13.0. The lowest BCUT2D eigenvalue weighted by molar-refractivity contribution is -0.111. The SMILES string of the molecule is CCOc1ccc(OC)cc1NC(=O)/C=C/c1ccc(Cl)cc1. The van der Waals surface area contributed by atoms with Crippen molar-refractivity contribution in [3.05, 3.63) is 59.1 Å². The van der Waals surface area contributed by atoms with Gasteiger partial charge in [0.1, 0.15) is 11.5 Å². The third kappa shape index (κ3) is 5.04. The molecule has 0 bridgehead atoms. The molecule has 0 aliphatic rings. The van der Waals surface area contributed by atoms with Crippen LogP contribution in [0, 0.1) is 0 Å². The molecule has 0 atom stereocenters. The molecular weight excluding hydrogens is 314 g/mol. The normalized spacial score (nSPS) is 10.6. The third-order valence-electron chi connectivity index (χ3n) is 3.04. The van der Waals surface area contributed by atoms with Crippen molar-refractivity contribution in [1.29, 1.82) is 0 Å². The average Bonchev–Trinajstić information content (AvgIpc) is 2.56. The zero-order chi connectivity index (χ0) is 16.7. The van der Waals surface area contributed by atoms with Crippen LogP contribution in [0.4, 0.5) is 5.69 Å². The lowest BCUT2D eigenvalue weighted by Crippen LogP contribution is -2.09. The van der Waals surface area contributed by atoms with Gasteiger partial charge in [-0.3, -0.25) is 4.79 Å². The third-order valence-corrected chi connectivity index (χ3v) is 3.29. The fourth-order valence-corrected chi connectivity index (χ4v) is 2.06. The molecule has 0 fully saturated rings. The Labute approximate surface area is 140 Å². The fraction of sp³-hybridized carbons (Fsp3) is 0.167. The maximum absolute atomic E-state index is 12.1. The quantitative estimate of drug-likeness (QED) is 0.798. The van der Waals surface area contributed by atoms with Gasteiger partial charge in [0.15, 0.2) is 0 Å². The maximum atomic E-state index is 12.1. The molecule has 23 heavy (non-hydrogen) atoms. The lowest BCUT2D eigenvalue weighted by Gasteiger charge is -2.12. The second kappa shape index (κ2) is 8.25. The summed E-state index contributed by atoms with van der Waals surface area (Å²) in [6.45, 7) is 2.39. The van der Waals surface area contributed by atoms with Crippen LogP contribution in [-0.4, -0.2) is 19.6 Å². The van der Waals surface area contributed by atoms with E-state index < -0.39 is 0 Å². The van der Waals surface area contributed by atoms with E-state index >= 15 is 0 Å². The Morgan fingerprint density at radius 3 is 2.61 bits per heavy atom. The van der Waals surface area contributed by atoms with Crippen LogP contribution in [0.5, 0.6) is 11.5 Å². The van der Waals surface area contributed by atoms with E-state index in [9.17, 15) is 4.79 Å². The van der Waals surface area contributed by atoms with Crippen LogP contribution in [0.2, 0.25) is 5.02 Å². The number of rotatable bonds is 6. The van der Waals surface area contributed by atoms with Gasteiger partial charge in [-0.2, -0.15) is 0 Å². The van der Waals surface area contributed by atoms with Crippen molar-refractivity contribution < 1.29 is 14.3 Å². The van der Waals surface area contributed by atoms with Gasteiger partial charge in [-0.05, 0) is 42.8 Å². The number of anilines is 1. The summed E-state index contributed by atoms with van der Waals surface area (Å²) in [4.78, 5) is 12.1. The van der Waals surface area contributed by atoms with Crippen LogP contribution in [0.25, 0.3) is 6.08 Å². The second-order valence-corrected chi connectivity index (χ2v) is 5.11. The van der Waals surface area contributed by atoms with Crippen LogP contribution in [0.3, 0.4) is 0 Å². The van der Waals surface area contributed by atoms with E-state index in [1.807, 2.05) is 19.1 Å². The molecule has 1 N–H and O–H groups in total. The van der Waals surface area contributed by atoms with Gasteiger partial charge in [-0.15, -0.1) is 0 Å². The van der Waals surface area contributed by atoms with Gasteiger partial charge < -0.3 is 14.8 Å². The minimum Gasteiger partial charge on any atom is -0.497 e. The Bertz CT molecular complexity index is 696. The standard InChI is InChI=1S/C18H18ClNO3/c1-3-23-17-10-9-15(22-2)12-16(17)20-18(21)11-6-13-4-7-14(19)8-5-13/h4-12H,3H2,1-2H3,(H,20,21)/b11-6+. The van der Waals surface area contributed by atoms with E-state index in [0.717, 1.165) is 5.56 Å². The molecule has 0 aliphatic carbocycles. The zero-order valence-corrected chi connectivity index (χ0v) is 13.8. The largest absolute Gasteiger partial charge is 0.497 e. The molecule has 0 heterocycles. The topological polar surface area (TPSA) is 47.6 Å². The first kappa shape index (κ1) is 16.9. The number of carbonyl (C=O) groups is 1. The Hall–Kier alpha value is -2.46. The first-order valence-corrected chi connectivity index (χ1v) is 7.55. The van der Waals surface area contributed by atoms with E-state index in [0.29, 0.717) is 28.8 Å². The summed E-state index contributed by atoms with van der Waals surface area (Å²) in [5.41, 5.74) is 1.46. The highest BCUT2D eigenvalue weighted by Gasteiger charge is 2.07. The smallest absolute Gasteiger partial charge is 0.248 e. The Morgan fingerprint density at radius 1 is 1.22 bits per heavy atom. The first-order valence-electron chi connectivity index (χ1n) is 7.18. The van der Waals surface area contributed by atoms with E-state index in [-0.39, 0.29) is 5.91 Å². The van der Waals surface area contributed by atoms with Crippen molar-refractivity contribution in [2.24, 2.45) is 0 Å². The van der Waals surface area contributed by atoms with Gasteiger partial charge in [-0.1, -0.05) is 23.7 Å². The molecule has 0 spiro atoms. The molecule has 0 aliphatic heterocycles. The van der Waals surface area contributed by atoms with E-state index in [1.165, 1.54) is 6.08 Å². The minimum atomic E-state index is -0.255. The van der Waals surface area contributed by atoms with E-state index in [1.54, 1.807) is 43.5 Å². The van der Waals surface area contributed by atoms with E-state index in [2.05, 4.69) is 5.32 Å². The number of amides is 1. The van der Waals surface area contributed by atoms with Gasteiger partial charge >= 0.3 is 0 Å². The molecule has 0 saturated heterocycles. The van der Waals surface area contributed by atoms with Crippen LogP contribution in [0.1, 0.15) is 12.5 Å². The molecule has 0 aromatic heterocycles. The summed E-state index contributed by atoms with van der Waals surface area (Å²) < 4.78 is 10.7. The number of carbonyl (C=O) groups excluding carboxylic acids is 1. The molecule has 0 unspecified atom stereocenters. The Morgan fingerprint density at radius 2 is 1.96 bits per heavy atom. The molecule has 0 radical (unpaired) electrons. The van der Waals surface area contributed by atoms with Crippen molar-refractivity contribution in [2.75, 3.05) is 19.0 Å². The van der Waals surface area contributed by atoms with Gasteiger partial charge in [0.2, 0.25) is 5.91 Å². The number of nitrogens with one attached hydrogen (secondary N) is 1. The summed E-state index contributed by atoms with van der Waals surface area (Å²) in [6, 6.07) is 12.5. The molecular formula is C18H18ClNO3. The van der Waals surface area contributed by atoms with Crippen molar-refractivity contribution >= 4 is 29.3 Å². The molecule has 2 rings (SSSR count).